The van der Waals surface area contributed by atoms with Crippen molar-refractivity contribution >= 4 is 37.3 Å². The quantitative estimate of drug-likeness (QED) is 0.658. The van der Waals surface area contributed by atoms with Crippen LogP contribution in [-0.2, 0) is 26.5 Å². The molecule has 2 fully saturated rings. The minimum atomic E-state index is -3.52. The third kappa shape index (κ3) is 4.04. The van der Waals surface area contributed by atoms with Crippen LogP contribution in [0.15, 0.2) is 47.4 Å². The van der Waals surface area contributed by atoms with Crippen LogP contribution in [0, 0.1) is 0 Å². The van der Waals surface area contributed by atoms with E-state index in [0.29, 0.717) is 50.3 Å². The molecule has 5 rings (SSSR count). The maximum absolute atomic E-state index is 13.2. The van der Waals surface area contributed by atoms with E-state index in [-0.39, 0.29) is 16.6 Å². The first-order valence-corrected chi connectivity index (χ1v) is 14.4. The Hall–Kier alpha value is -2.43. The van der Waals surface area contributed by atoms with E-state index in [4.69, 9.17) is 0 Å². The van der Waals surface area contributed by atoms with Gasteiger partial charge in [0.1, 0.15) is 0 Å². The van der Waals surface area contributed by atoms with Gasteiger partial charge in [0.2, 0.25) is 20.0 Å². The molecule has 2 aromatic rings. The Bertz CT molecular complexity index is 1280. The summed E-state index contributed by atoms with van der Waals surface area (Å²) < 4.78 is 53.2. The zero-order valence-corrected chi connectivity index (χ0v) is 19.9. The molecule has 0 spiro atoms. The molecule has 0 N–H and O–H groups in total. The molecule has 3 aliphatic rings. The highest BCUT2D eigenvalue weighted by Crippen LogP contribution is 2.33. The first kappa shape index (κ1) is 22.4. The predicted molar refractivity (Wildman–Crippen MR) is 127 cm³/mol. The normalized spacial score (nSPS) is 20.7. The number of carbonyl (C=O) groups excluding carboxylic acids is 1. The summed E-state index contributed by atoms with van der Waals surface area (Å²) in [6.45, 7) is 2.04. The molecule has 176 valence electrons. The lowest BCUT2D eigenvalue weighted by Gasteiger charge is -2.26. The van der Waals surface area contributed by atoms with Crippen molar-refractivity contribution in [3.8, 4) is 0 Å². The van der Waals surface area contributed by atoms with E-state index in [2.05, 4.69) is 0 Å². The Kier molecular flexibility index (Phi) is 5.70. The minimum Gasteiger partial charge on any atom is -0.308 e. The molecule has 0 bridgehead atoms. The molecule has 3 aliphatic heterocycles. The van der Waals surface area contributed by atoms with Crippen LogP contribution < -0.4 is 9.21 Å². The molecule has 33 heavy (non-hydrogen) atoms. The predicted octanol–water partition coefficient (Wildman–Crippen LogP) is 2.60. The maximum Gasteiger partial charge on any atom is 0.258 e. The smallest absolute Gasteiger partial charge is 0.258 e. The van der Waals surface area contributed by atoms with Crippen molar-refractivity contribution in [2.45, 2.75) is 37.0 Å². The van der Waals surface area contributed by atoms with Crippen LogP contribution in [0.25, 0.3) is 0 Å². The van der Waals surface area contributed by atoms with Crippen LogP contribution in [0.5, 0.6) is 0 Å². The Labute approximate surface area is 194 Å². The Morgan fingerprint density at radius 3 is 2.24 bits per heavy atom. The monoisotopic (exact) mass is 489 g/mol. The highest BCUT2D eigenvalue weighted by Gasteiger charge is 2.31. The van der Waals surface area contributed by atoms with Gasteiger partial charge in [0, 0.05) is 37.4 Å². The van der Waals surface area contributed by atoms with E-state index < -0.39 is 20.0 Å². The molecule has 0 unspecified atom stereocenters. The number of carbonyl (C=O) groups is 1. The van der Waals surface area contributed by atoms with E-state index in [1.54, 1.807) is 51.7 Å². The molecule has 3 heterocycles. The van der Waals surface area contributed by atoms with E-state index >= 15 is 0 Å². The molecular formula is C23H27N3O5S2. The maximum atomic E-state index is 13.2. The molecule has 0 saturated carbocycles. The highest BCUT2D eigenvalue weighted by molar-refractivity contribution is 7.93. The molecule has 0 aliphatic carbocycles. The van der Waals surface area contributed by atoms with Crippen molar-refractivity contribution in [3.63, 3.8) is 0 Å². The van der Waals surface area contributed by atoms with Crippen molar-refractivity contribution in [2.24, 2.45) is 0 Å². The van der Waals surface area contributed by atoms with Crippen molar-refractivity contribution in [3.05, 3.63) is 53.6 Å². The van der Waals surface area contributed by atoms with Crippen LogP contribution in [-0.4, -0.2) is 59.0 Å². The van der Waals surface area contributed by atoms with Gasteiger partial charge in [-0.2, -0.15) is 4.31 Å². The molecule has 2 saturated heterocycles. The summed E-state index contributed by atoms with van der Waals surface area (Å²) in [6.07, 6.45) is 4.02. The molecule has 0 radical (unpaired) electrons. The molecule has 1 amide bonds. The fraction of sp³-hybridized carbons (Fsp3) is 0.435. The summed E-state index contributed by atoms with van der Waals surface area (Å²) in [5.41, 5.74) is 2.61. The largest absolute Gasteiger partial charge is 0.308 e. The van der Waals surface area contributed by atoms with Gasteiger partial charge >= 0.3 is 0 Å². The average molecular weight is 490 g/mol. The second kappa shape index (κ2) is 8.41. The van der Waals surface area contributed by atoms with E-state index in [0.717, 1.165) is 30.5 Å². The van der Waals surface area contributed by atoms with Crippen LogP contribution in [0.2, 0.25) is 0 Å². The lowest BCUT2D eigenvalue weighted by atomic mass is 10.1. The number of sulfonamides is 2. The van der Waals surface area contributed by atoms with Crippen molar-refractivity contribution in [1.82, 2.24) is 4.31 Å². The number of benzene rings is 2. The lowest BCUT2D eigenvalue weighted by molar-refractivity contribution is 0.0989. The first-order chi connectivity index (χ1) is 15.8. The van der Waals surface area contributed by atoms with Crippen molar-refractivity contribution < 1.29 is 21.6 Å². The molecule has 10 heteroatoms. The Balaban J connectivity index is 1.36. The third-order valence-electron chi connectivity index (χ3n) is 6.65. The van der Waals surface area contributed by atoms with Crippen LogP contribution in [0.1, 0.15) is 41.6 Å². The van der Waals surface area contributed by atoms with E-state index in [1.807, 2.05) is 0 Å². The standard InChI is InChI=1S/C23H27N3O5S2/c27-23(18-5-7-20(8-6-18)26-14-4-16-32(26,28)29)25-15-11-19-17-21(9-10-22(19)25)33(30,31)24-12-2-1-3-13-24/h5-10,17H,1-4,11-16H2. The molecule has 0 aromatic heterocycles. The summed E-state index contributed by atoms with van der Waals surface area (Å²) in [4.78, 5) is 15.1. The second-order valence-corrected chi connectivity index (χ2v) is 12.7. The van der Waals surface area contributed by atoms with Gasteiger partial charge in [0.25, 0.3) is 5.91 Å². The van der Waals surface area contributed by atoms with Gasteiger partial charge < -0.3 is 4.90 Å². The third-order valence-corrected chi connectivity index (χ3v) is 10.4. The topological polar surface area (TPSA) is 95.1 Å². The second-order valence-electron chi connectivity index (χ2n) is 8.75. The van der Waals surface area contributed by atoms with Crippen LogP contribution in [0.3, 0.4) is 0 Å². The van der Waals surface area contributed by atoms with Gasteiger partial charge in [-0.25, -0.2) is 16.8 Å². The summed E-state index contributed by atoms with van der Waals surface area (Å²) in [7, 11) is -6.79. The van der Waals surface area contributed by atoms with E-state index in [9.17, 15) is 21.6 Å². The van der Waals surface area contributed by atoms with Crippen molar-refractivity contribution in [1.29, 1.82) is 0 Å². The van der Waals surface area contributed by atoms with Gasteiger partial charge in [-0.3, -0.25) is 9.10 Å². The summed E-state index contributed by atoms with van der Waals surface area (Å²) in [5.74, 6) is -0.0375. The number of piperidine rings is 1. The summed E-state index contributed by atoms with van der Waals surface area (Å²) in [5, 5.41) is 0. The van der Waals surface area contributed by atoms with Crippen molar-refractivity contribution in [2.75, 3.05) is 41.1 Å². The van der Waals surface area contributed by atoms with Gasteiger partial charge in [-0.1, -0.05) is 6.42 Å². The minimum absolute atomic E-state index is 0.147. The number of fused-ring (bicyclic) bond motifs is 1. The number of nitrogens with zero attached hydrogens (tertiary/aromatic N) is 3. The van der Waals surface area contributed by atoms with E-state index in [1.165, 1.54) is 4.31 Å². The number of anilines is 2. The number of hydrogen-bond donors (Lipinski definition) is 0. The van der Waals surface area contributed by atoms with Gasteiger partial charge in [0.15, 0.2) is 0 Å². The lowest BCUT2D eigenvalue weighted by Crippen LogP contribution is -2.35. The fourth-order valence-electron chi connectivity index (χ4n) is 4.86. The summed E-state index contributed by atoms with van der Waals surface area (Å²) >= 11 is 0. The number of amides is 1. The molecular weight excluding hydrogens is 462 g/mol. The van der Waals surface area contributed by atoms with Crippen LogP contribution in [0.4, 0.5) is 11.4 Å². The zero-order chi connectivity index (χ0) is 23.2. The number of hydrogen-bond acceptors (Lipinski definition) is 5. The SMILES string of the molecule is O=C(c1ccc(N2CCCS2(=O)=O)cc1)N1CCc2cc(S(=O)(=O)N3CCCCC3)ccc21. The molecule has 0 atom stereocenters. The zero-order valence-electron chi connectivity index (χ0n) is 18.3. The molecule has 8 nitrogen and oxygen atoms in total. The summed E-state index contributed by atoms with van der Waals surface area (Å²) in [6, 6.07) is 11.7. The fourth-order valence-corrected chi connectivity index (χ4v) is 7.99. The Morgan fingerprint density at radius 1 is 0.848 bits per heavy atom. The Morgan fingerprint density at radius 2 is 1.58 bits per heavy atom. The molecule has 2 aromatic carbocycles. The first-order valence-electron chi connectivity index (χ1n) is 11.3. The highest BCUT2D eigenvalue weighted by atomic mass is 32.2. The number of rotatable bonds is 4. The van der Waals surface area contributed by atoms with Gasteiger partial charge in [0.05, 0.1) is 16.3 Å². The van der Waals surface area contributed by atoms with Gasteiger partial charge in [-0.05, 0) is 73.7 Å². The average Bonchev–Trinajstić information content (AvgIpc) is 3.41. The van der Waals surface area contributed by atoms with Crippen LogP contribution >= 0.6 is 0 Å². The van der Waals surface area contributed by atoms with Gasteiger partial charge in [-0.15, -0.1) is 0 Å².